The first-order valence-electron chi connectivity index (χ1n) is 5.75. The first kappa shape index (κ1) is 13.4. The second-order valence-electron chi connectivity index (χ2n) is 3.80. The number of rotatable bonds is 4. The van der Waals surface area contributed by atoms with Crippen LogP contribution in [0.1, 0.15) is 12.5 Å². The van der Waals surface area contributed by atoms with E-state index in [9.17, 15) is 4.79 Å². The minimum atomic E-state index is -1.03. The van der Waals surface area contributed by atoms with E-state index in [0.717, 1.165) is 11.5 Å². The third kappa shape index (κ3) is 3.03. The maximum absolute atomic E-state index is 10.5. The number of fused-ring (bicyclic) bond motifs is 1. The van der Waals surface area contributed by atoms with Crippen molar-refractivity contribution in [3.63, 3.8) is 0 Å². The van der Waals surface area contributed by atoms with Gasteiger partial charge in [0, 0.05) is 17.0 Å². The Bertz CT molecular complexity index is 652. The lowest BCUT2D eigenvalue weighted by molar-refractivity contribution is -0.131. The number of carbonyl (C=O) groups is 1. The van der Waals surface area contributed by atoms with Crippen molar-refractivity contribution < 1.29 is 14.6 Å². The van der Waals surface area contributed by atoms with Gasteiger partial charge in [-0.2, -0.15) is 0 Å². The van der Waals surface area contributed by atoms with Crippen LogP contribution in [-0.4, -0.2) is 22.7 Å². The molecule has 0 atom stereocenters. The largest absolute Gasteiger partial charge is 0.492 e. The van der Waals surface area contributed by atoms with Gasteiger partial charge in [-0.1, -0.05) is 23.7 Å². The van der Waals surface area contributed by atoms with Crippen LogP contribution in [0, 0.1) is 0 Å². The maximum Gasteiger partial charge on any atom is 0.328 e. The Labute approximate surface area is 115 Å². The fraction of sp³-hybridized carbons (Fsp3) is 0.143. The van der Waals surface area contributed by atoms with Gasteiger partial charge in [-0.25, -0.2) is 9.78 Å². The van der Waals surface area contributed by atoms with Gasteiger partial charge >= 0.3 is 5.97 Å². The molecule has 0 aliphatic carbocycles. The van der Waals surface area contributed by atoms with Crippen molar-refractivity contribution in [2.24, 2.45) is 0 Å². The molecule has 19 heavy (non-hydrogen) atoms. The van der Waals surface area contributed by atoms with Crippen LogP contribution in [0.25, 0.3) is 17.0 Å². The molecule has 2 aromatic rings. The average Bonchev–Trinajstić information content (AvgIpc) is 2.37. The monoisotopic (exact) mass is 277 g/mol. The number of halogens is 1. The van der Waals surface area contributed by atoms with E-state index in [2.05, 4.69) is 4.98 Å². The van der Waals surface area contributed by atoms with Crippen molar-refractivity contribution in [1.82, 2.24) is 4.98 Å². The average molecular weight is 278 g/mol. The van der Waals surface area contributed by atoms with Crippen LogP contribution in [0.2, 0.25) is 5.15 Å². The molecule has 1 N–H and O–H groups in total. The van der Waals surface area contributed by atoms with Crippen LogP contribution in [0.4, 0.5) is 0 Å². The molecule has 0 amide bonds. The SMILES string of the molecule is CCOc1cccc2cc(/C=C/C(=O)O)c(Cl)nc12. The molecule has 1 aromatic heterocycles. The predicted octanol–water partition coefficient (Wildman–Crippen LogP) is 3.38. The Morgan fingerprint density at radius 1 is 1.53 bits per heavy atom. The molecule has 0 aliphatic heterocycles. The van der Waals surface area contributed by atoms with Crippen LogP contribution < -0.4 is 4.74 Å². The highest BCUT2D eigenvalue weighted by Crippen LogP contribution is 2.28. The molecular weight excluding hydrogens is 266 g/mol. The lowest BCUT2D eigenvalue weighted by atomic mass is 10.1. The number of nitrogens with zero attached hydrogens (tertiary/aromatic N) is 1. The van der Waals surface area contributed by atoms with Gasteiger partial charge in [-0.05, 0) is 25.1 Å². The molecule has 0 saturated heterocycles. The molecule has 0 spiro atoms. The van der Waals surface area contributed by atoms with E-state index in [1.54, 1.807) is 6.07 Å². The number of carboxylic acids is 1. The van der Waals surface area contributed by atoms with Crippen LogP contribution in [0.3, 0.4) is 0 Å². The zero-order valence-electron chi connectivity index (χ0n) is 10.3. The van der Waals surface area contributed by atoms with Gasteiger partial charge in [0.25, 0.3) is 0 Å². The summed E-state index contributed by atoms with van der Waals surface area (Å²) in [6, 6.07) is 7.33. The summed E-state index contributed by atoms with van der Waals surface area (Å²) in [6.45, 7) is 2.43. The van der Waals surface area contributed by atoms with Crippen LogP contribution in [-0.2, 0) is 4.79 Å². The van der Waals surface area contributed by atoms with Crippen molar-refractivity contribution in [3.8, 4) is 5.75 Å². The Kier molecular flexibility index (Phi) is 4.02. The molecule has 0 saturated carbocycles. The smallest absolute Gasteiger partial charge is 0.328 e. The molecule has 0 radical (unpaired) electrons. The van der Waals surface area contributed by atoms with Gasteiger partial charge in [0.15, 0.2) is 0 Å². The van der Waals surface area contributed by atoms with E-state index in [1.807, 2.05) is 25.1 Å². The van der Waals surface area contributed by atoms with E-state index in [-0.39, 0.29) is 5.15 Å². The summed E-state index contributed by atoms with van der Waals surface area (Å²) < 4.78 is 5.48. The molecular formula is C14H12ClNO3. The summed E-state index contributed by atoms with van der Waals surface area (Å²) in [5, 5.41) is 9.72. The summed E-state index contributed by atoms with van der Waals surface area (Å²) in [4.78, 5) is 14.8. The van der Waals surface area contributed by atoms with E-state index >= 15 is 0 Å². The second-order valence-corrected chi connectivity index (χ2v) is 4.16. The topological polar surface area (TPSA) is 59.4 Å². The third-order valence-electron chi connectivity index (χ3n) is 2.49. The summed E-state index contributed by atoms with van der Waals surface area (Å²) >= 11 is 6.05. The number of benzene rings is 1. The standard InChI is InChI=1S/C14H12ClNO3/c1-2-19-11-5-3-4-9-8-10(6-7-12(17)18)14(15)16-13(9)11/h3-8H,2H2,1H3,(H,17,18)/b7-6+. The summed E-state index contributed by atoms with van der Waals surface area (Å²) in [6.07, 6.45) is 2.45. The predicted molar refractivity (Wildman–Crippen MR) is 74.6 cm³/mol. The lowest BCUT2D eigenvalue weighted by Crippen LogP contribution is -1.95. The molecule has 4 nitrogen and oxygen atoms in total. The molecule has 0 aliphatic rings. The highest BCUT2D eigenvalue weighted by molar-refractivity contribution is 6.31. The zero-order chi connectivity index (χ0) is 13.8. The number of aromatic nitrogens is 1. The van der Waals surface area contributed by atoms with E-state index in [0.29, 0.717) is 23.4 Å². The minimum Gasteiger partial charge on any atom is -0.492 e. The quantitative estimate of drug-likeness (QED) is 0.687. The molecule has 2 rings (SSSR count). The number of aliphatic carboxylic acids is 1. The third-order valence-corrected chi connectivity index (χ3v) is 2.80. The van der Waals surface area contributed by atoms with Crippen LogP contribution in [0.5, 0.6) is 5.75 Å². The molecule has 0 unspecified atom stereocenters. The number of para-hydroxylation sites is 1. The van der Waals surface area contributed by atoms with Crippen molar-refractivity contribution in [2.75, 3.05) is 6.61 Å². The van der Waals surface area contributed by atoms with Gasteiger partial charge < -0.3 is 9.84 Å². The highest BCUT2D eigenvalue weighted by Gasteiger charge is 2.07. The van der Waals surface area contributed by atoms with E-state index < -0.39 is 5.97 Å². The first-order valence-corrected chi connectivity index (χ1v) is 6.12. The molecule has 1 aromatic carbocycles. The Morgan fingerprint density at radius 2 is 2.32 bits per heavy atom. The van der Waals surface area contributed by atoms with Crippen molar-refractivity contribution in [2.45, 2.75) is 6.92 Å². The summed E-state index contributed by atoms with van der Waals surface area (Å²) in [5.41, 5.74) is 1.23. The number of ether oxygens (including phenoxy) is 1. The fourth-order valence-electron chi connectivity index (χ4n) is 1.72. The first-order chi connectivity index (χ1) is 9.11. The van der Waals surface area contributed by atoms with Crippen LogP contribution in [0.15, 0.2) is 30.3 Å². The fourth-order valence-corrected chi connectivity index (χ4v) is 1.92. The zero-order valence-corrected chi connectivity index (χ0v) is 11.0. The molecule has 98 valence electrons. The minimum absolute atomic E-state index is 0.247. The van der Waals surface area contributed by atoms with Gasteiger partial charge in [0.2, 0.25) is 0 Å². The van der Waals surface area contributed by atoms with E-state index in [4.69, 9.17) is 21.4 Å². The number of pyridine rings is 1. The molecule has 5 heteroatoms. The second kappa shape index (κ2) is 5.71. The number of hydrogen-bond donors (Lipinski definition) is 1. The molecule has 1 heterocycles. The van der Waals surface area contributed by atoms with Crippen molar-refractivity contribution >= 4 is 34.5 Å². The highest BCUT2D eigenvalue weighted by atomic mass is 35.5. The van der Waals surface area contributed by atoms with Gasteiger partial charge in [0.1, 0.15) is 16.4 Å². The Balaban J connectivity index is 2.54. The molecule has 0 fully saturated rings. The number of carboxylic acid groups (broad SMARTS) is 1. The Morgan fingerprint density at radius 3 is 3.00 bits per heavy atom. The Hall–Kier alpha value is -2.07. The van der Waals surface area contributed by atoms with Gasteiger partial charge in [-0.15, -0.1) is 0 Å². The van der Waals surface area contributed by atoms with E-state index in [1.165, 1.54) is 6.08 Å². The van der Waals surface area contributed by atoms with Crippen molar-refractivity contribution in [3.05, 3.63) is 41.1 Å². The van der Waals surface area contributed by atoms with Crippen molar-refractivity contribution in [1.29, 1.82) is 0 Å². The summed E-state index contributed by atoms with van der Waals surface area (Å²) in [7, 11) is 0. The lowest BCUT2D eigenvalue weighted by Gasteiger charge is -2.08. The molecule has 0 bridgehead atoms. The van der Waals surface area contributed by atoms with Gasteiger partial charge in [-0.3, -0.25) is 0 Å². The summed E-state index contributed by atoms with van der Waals surface area (Å²) in [5.74, 6) is -0.366. The van der Waals surface area contributed by atoms with Gasteiger partial charge in [0.05, 0.1) is 6.61 Å². The maximum atomic E-state index is 10.5. The number of hydrogen-bond acceptors (Lipinski definition) is 3. The normalized spacial score (nSPS) is 11.1. The van der Waals surface area contributed by atoms with Crippen LogP contribution >= 0.6 is 11.6 Å².